The lowest BCUT2D eigenvalue weighted by Crippen LogP contribution is -2.15. The standard InChI is InChI=1S/C6H12N/c1-6(2)3-4-7-5-6/h7H,1,3-5H2,2H3. The molecule has 0 spiro atoms. The third-order valence-corrected chi connectivity index (χ3v) is 1.46. The molecule has 1 rings (SSSR count). The monoisotopic (exact) mass is 98.1 g/mol. The summed E-state index contributed by atoms with van der Waals surface area (Å²) in [5, 5.41) is 3.25. The van der Waals surface area contributed by atoms with Gasteiger partial charge in [-0.05, 0) is 25.3 Å². The Morgan fingerprint density at radius 2 is 2.43 bits per heavy atom. The van der Waals surface area contributed by atoms with Crippen molar-refractivity contribution in [3.05, 3.63) is 6.92 Å². The van der Waals surface area contributed by atoms with Gasteiger partial charge in [0.2, 0.25) is 0 Å². The second-order valence-electron chi connectivity index (χ2n) is 2.74. The van der Waals surface area contributed by atoms with E-state index in [0.29, 0.717) is 5.41 Å². The van der Waals surface area contributed by atoms with Gasteiger partial charge in [-0.2, -0.15) is 0 Å². The molecule has 0 saturated carbocycles. The highest BCUT2D eigenvalue weighted by molar-refractivity contribution is 4.85. The number of hydrogen-bond acceptors (Lipinski definition) is 1. The molecule has 1 unspecified atom stereocenters. The minimum absolute atomic E-state index is 0.333. The van der Waals surface area contributed by atoms with Crippen LogP contribution in [0.5, 0.6) is 0 Å². The van der Waals surface area contributed by atoms with Gasteiger partial charge in [0.05, 0.1) is 0 Å². The first kappa shape index (κ1) is 5.10. The molecule has 41 valence electrons. The maximum Gasteiger partial charge on any atom is 0.000564 e. The fourth-order valence-corrected chi connectivity index (χ4v) is 0.869. The Morgan fingerprint density at radius 3 is 2.57 bits per heavy atom. The molecule has 1 heteroatoms. The first-order chi connectivity index (χ1) is 3.21. The maximum absolute atomic E-state index is 4.01. The summed E-state index contributed by atoms with van der Waals surface area (Å²) in [6, 6.07) is 0. The maximum atomic E-state index is 4.01. The van der Waals surface area contributed by atoms with E-state index in [-0.39, 0.29) is 0 Å². The summed E-state index contributed by atoms with van der Waals surface area (Å²) in [4.78, 5) is 0. The van der Waals surface area contributed by atoms with Gasteiger partial charge in [0.25, 0.3) is 0 Å². The Balaban J connectivity index is 2.40. The average molecular weight is 98.2 g/mol. The molecule has 1 atom stereocenters. The molecular formula is C6H12N. The lowest BCUT2D eigenvalue weighted by atomic mass is 9.93. The summed E-state index contributed by atoms with van der Waals surface area (Å²) in [6.45, 7) is 8.44. The predicted molar refractivity (Wildman–Crippen MR) is 31.0 cm³/mol. The highest BCUT2D eigenvalue weighted by atomic mass is 14.9. The van der Waals surface area contributed by atoms with Crippen LogP contribution in [0.3, 0.4) is 0 Å². The van der Waals surface area contributed by atoms with E-state index in [9.17, 15) is 0 Å². The highest BCUT2D eigenvalue weighted by Crippen LogP contribution is 2.21. The zero-order valence-corrected chi connectivity index (χ0v) is 4.83. The second kappa shape index (κ2) is 1.48. The van der Waals surface area contributed by atoms with E-state index in [0.717, 1.165) is 13.1 Å². The molecule has 1 N–H and O–H groups in total. The SMILES string of the molecule is [CH2]C1(C)CCNC1. The highest BCUT2D eigenvalue weighted by Gasteiger charge is 2.21. The zero-order valence-electron chi connectivity index (χ0n) is 4.83. The average Bonchev–Trinajstić information content (AvgIpc) is 1.84. The lowest BCUT2D eigenvalue weighted by Gasteiger charge is -2.12. The van der Waals surface area contributed by atoms with Crippen molar-refractivity contribution in [3.8, 4) is 0 Å². The molecule has 7 heavy (non-hydrogen) atoms. The summed E-state index contributed by atoms with van der Waals surface area (Å²) < 4.78 is 0. The van der Waals surface area contributed by atoms with E-state index in [2.05, 4.69) is 19.2 Å². The fourth-order valence-electron chi connectivity index (χ4n) is 0.869. The number of nitrogens with one attached hydrogen (secondary N) is 1. The summed E-state index contributed by atoms with van der Waals surface area (Å²) in [6.07, 6.45) is 1.23. The molecule has 1 heterocycles. The minimum atomic E-state index is 0.333. The molecule has 0 aromatic heterocycles. The van der Waals surface area contributed by atoms with Gasteiger partial charge in [-0.3, -0.25) is 0 Å². The molecule has 0 aromatic carbocycles. The van der Waals surface area contributed by atoms with E-state index in [1.54, 1.807) is 0 Å². The quantitative estimate of drug-likeness (QED) is 0.473. The second-order valence-corrected chi connectivity index (χ2v) is 2.74. The van der Waals surface area contributed by atoms with Crippen LogP contribution in [0.4, 0.5) is 0 Å². The van der Waals surface area contributed by atoms with Crippen molar-refractivity contribution < 1.29 is 0 Å². The third kappa shape index (κ3) is 1.16. The van der Waals surface area contributed by atoms with Crippen LogP contribution < -0.4 is 5.32 Å². The van der Waals surface area contributed by atoms with Gasteiger partial charge in [0.15, 0.2) is 0 Å². The van der Waals surface area contributed by atoms with Crippen LogP contribution in [0, 0.1) is 12.3 Å². The van der Waals surface area contributed by atoms with Crippen molar-refractivity contribution in [2.24, 2.45) is 5.41 Å². The van der Waals surface area contributed by atoms with Crippen LogP contribution in [-0.2, 0) is 0 Å². The van der Waals surface area contributed by atoms with E-state index < -0.39 is 0 Å². The van der Waals surface area contributed by atoms with E-state index in [4.69, 9.17) is 0 Å². The molecule has 1 fully saturated rings. The minimum Gasteiger partial charge on any atom is -0.316 e. The summed E-state index contributed by atoms with van der Waals surface area (Å²) >= 11 is 0. The van der Waals surface area contributed by atoms with Crippen LogP contribution in [0.1, 0.15) is 13.3 Å². The number of hydrogen-bond donors (Lipinski definition) is 1. The van der Waals surface area contributed by atoms with Gasteiger partial charge < -0.3 is 5.32 Å². The summed E-state index contributed by atoms with van der Waals surface area (Å²) in [5.74, 6) is 0. The van der Waals surface area contributed by atoms with Crippen molar-refractivity contribution in [2.75, 3.05) is 13.1 Å². The molecule has 1 nitrogen and oxygen atoms in total. The van der Waals surface area contributed by atoms with Crippen molar-refractivity contribution >= 4 is 0 Å². The van der Waals surface area contributed by atoms with Gasteiger partial charge in [-0.1, -0.05) is 6.92 Å². The van der Waals surface area contributed by atoms with Crippen LogP contribution in [-0.4, -0.2) is 13.1 Å². The van der Waals surface area contributed by atoms with Gasteiger partial charge in [0.1, 0.15) is 0 Å². The molecule has 0 aliphatic carbocycles. The van der Waals surface area contributed by atoms with Crippen molar-refractivity contribution in [2.45, 2.75) is 13.3 Å². The van der Waals surface area contributed by atoms with Crippen LogP contribution in [0.15, 0.2) is 0 Å². The molecular weight excluding hydrogens is 86.1 g/mol. The van der Waals surface area contributed by atoms with Gasteiger partial charge >= 0.3 is 0 Å². The molecule has 1 saturated heterocycles. The van der Waals surface area contributed by atoms with E-state index in [1.807, 2.05) is 0 Å². The Kier molecular flexibility index (Phi) is 1.08. The van der Waals surface area contributed by atoms with Crippen molar-refractivity contribution in [1.82, 2.24) is 5.32 Å². The fraction of sp³-hybridized carbons (Fsp3) is 0.833. The van der Waals surface area contributed by atoms with Crippen molar-refractivity contribution in [3.63, 3.8) is 0 Å². The first-order valence-electron chi connectivity index (χ1n) is 2.77. The Morgan fingerprint density at radius 1 is 1.71 bits per heavy atom. The van der Waals surface area contributed by atoms with Crippen molar-refractivity contribution in [1.29, 1.82) is 0 Å². The molecule has 0 bridgehead atoms. The van der Waals surface area contributed by atoms with Crippen LogP contribution in [0.25, 0.3) is 0 Å². The summed E-state index contributed by atoms with van der Waals surface area (Å²) in [5.41, 5.74) is 0.333. The van der Waals surface area contributed by atoms with Gasteiger partial charge in [-0.15, -0.1) is 0 Å². The Hall–Kier alpha value is -0.0400. The Bertz CT molecular complexity index is 58.6. The van der Waals surface area contributed by atoms with Crippen LogP contribution in [0.2, 0.25) is 0 Å². The zero-order chi connectivity index (χ0) is 5.33. The van der Waals surface area contributed by atoms with E-state index >= 15 is 0 Å². The lowest BCUT2D eigenvalue weighted by molar-refractivity contribution is 0.475. The first-order valence-corrected chi connectivity index (χ1v) is 2.77. The van der Waals surface area contributed by atoms with Gasteiger partial charge in [-0.25, -0.2) is 0 Å². The summed E-state index contributed by atoms with van der Waals surface area (Å²) in [7, 11) is 0. The molecule has 1 radical (unpaired) electrons. The number of rotatable bonds is 0. The molecule has 1 aliphatic rings. The molecule has 1 aliphatic heterocycles. The third-order valence-electron chi connectivity index (χ3n) is 1.46. The van der Waals surface area contributed by atoms with Gasteiger partial charge in [0, 0.05) is 6.54 Å². The smallest absolute Gasteiger partial charge is 0.000564 e. The topological polar surface area (TPSA) is 12.0 Å². The molecule has 0 aromatic rings. The largest absolute Gasteiger partial charge is 0.316 e. The van der Waals surface area contributed by atoms with E-state index in [1.165, 1.54) is 6.42 Å². The Labute approximate surface area is 45.1 Å². The van der Waals surface area contributed by atoms with Crippen LogP contribution >= 0.6 is 0 Å². The predicted octanol–water partition coefficient (Wildman–Crippen LogP) is 0.820. The molecule has 0 amide bonds. The normalized spacial score (nSPS) is 28.3.